The molecule has 0 unspecified atom stereocenters. The van der Waals surface area contributed by atoms with Crippen molar-refractivity contribution in [2.45, 2.75) is 32.1 Å². The monoisotopic (exact) mass is 495 g/mol. The molecule has 1 saturated heterocycles. The van der Waals surface area contributed by atoms with Crippen molar-refractivity contribution in [3.8, 4) is 11.4 Å². The molecule has 0 aliphatic carbocycles. The Morgan fingerprint density at radius 2 is 2.12 bits per heavy atom. The summed E-state index contributed by atoms with van der Waals surface area (Å²) in [6.07, 6.45) is 1.69. The highest BCUT2D eigenvalue weighted by atomic mass is 35.5. The summed E-state index contributed by atoms with van der Waals surface area (Å²) < 4.78 is 12.4. The van der Waals surface area contributed by atoms with Crippen molar-refractivity contribution in [2.75, 3.05) is 25.1 Å². The molecule has 0 bridgehead atoms. The van der Waals surface area contributed by atoms with Gasteiger partial charge in [-0.1, -0.05) is 0 Å². The Balaban J connectivity index is 1.43. The lowest BCUT2D eigenvalue weighted by Gasteiger charge is -2.37. The van der Waals surface area contributed by atoms with Gasteiger partial charge in [0, 0.05) is 39.8 Å². The van der Waals surface area contributed by atoms with Crippen molar-refractivity contribution >= 4 is 55.5 Å². The number of carbonyl (C=O) groups excluding carboxylic acids is 1. The predicted molar refractivity (Wildman–Crippen MR) is 133 cm³/mol. The SMILES string of the molecule is C[C@@H]1CNc2c(sc3ccc4nc(-c5nc(Cl)ncc5COC5(C)COC5)ccc4c23)C(=O)N1. The molecule has 8 nitrogen and oxygen atoms in total. The molecule has 0 spiro atoms. The third-order valence-electron chi connectivity index (χ3n) is 6.16. The van der Waals surface area contributed by atoms with Gasteiger partial charge in [0.25, 0.3) is 5.91 Å². The average molecular weight is 496 g/mol. The smallest absolute Gasteiger partial charge is 0.263 e. The van der Waals surface area contributed by atoms with E-state index < -0.39 is 0 Å². The number of hydrogen-bond donors (Lipinski definition) is 2. The predicted octanol–water partition coefficient (Wildman–Crippen LogP) is 4.41. The molecule has 1 fully saturated rings. The number of amides is 1. The number of fused-ring (bicyclic) bond motifs is 5. The van der Waals surface area contributed by atoms with E-state index in [0.717, 1.165) is 32.2 Å². The van der Waals surface area contributed by atoms with E-state index >= 15 is 0 Å². The van der Waals surface area contributed by atoms with Gasteiger partial charge in [-0.3, -0.25) is 4.79 Å². The van der Waals surface area contributed by atoms with Crippen LogP contribution in [0.2, 0.25) is 5.28 Å². The van der Waals surface area contributed by atoms with Gasteiger partial charge >= 0.3 is 0 Å². The highest BCUT2D eigenvalue weighted by Gasteiger charge is 2.34. The number of nitrogens with one attached hydrogen (secondary N) is 2. The summed E-state index contributed by atoms with van der Waals surface area (Å²) in [5, 5.41) is 8.64. The van der Waals surface area contributed by atoms with E-state index in [1.165, 1.54) is 11.3 Å². The minimum absolute atomic E-state index is 0.0442. The van der Waals surface area contributed by atoms with E-state index in [-0.39, 0.29) is 22.8 Å². The number of benzene rings is 1. The standard InChI is InChI=1S/C24H22ClN5O3S/c1-12-7-26-20-18-14-3-4-16(29-15(14)5-6-17(18)34-21(20)22(31)28-12)19-13(8-27-23(25)30-19)9-33-24(2)10-32-11-24/h3-6,8,12,26H,7,9-11H2,1-2H3,(H,28,31)/t12-/m1/s1. The maximum atomic E-state index is 12.7. The van der Waals surface area contributed by atoms with Crippen LogP contribution >= 0.6 is 22.9 Å². The van der Waals surface area contributed by atoms with E-state index in [0.29, 0.717) is 42.6 Å². The number of pyridine rings is 1. The summed E-state index contributed by atoms with van der Waals surface area (Å²) in [6.45, 7) is 6.14. The lowest BCUT2D eigenvalue weighted by Crippen LogP contribution is -2.48. The van der Waals surface area contributed by atoms with Crippen molar-refractivity contribution in [1.29, 1.82) is 0 Å². The normalized spacial score (nSPS) is 19.3. The highest BCUT2D eigenvalue weighted by molar-refractivity contribution is 7.21. The summed E-state index contributed by atoms with van der Waals surface area (Å²) in [6, 6.07) is 8.01. The topological polar surface area (TPSA) is 98.3 Å². The van der Waals surface area contributed by atoms with Gasteiger partial charge in [0.15, 0.2) is 0 Å². The molecule has 0 radical (unpaired) electrons. The molecule has 6 rings (SSSR count). The minimum Gasteiger partial charge on any atom is -0.381 e. The number of ether oxygens (including phenoxy) is 2. The van der Waals surface area contributed by atoms with Gasteiger partial charge in [-0.25, -0.2) is 15.0 Å². The number of nitrogens with zero attached hydrogens (tertiary/aromatic N) is 3. The van der Waals surface area contributed by atoms with Gasteiger partial charge in [-0.15, -0.1) is 11.3 Å². The number of thiophene rings is 1. The molecule has 5 heterocycles. The molecule has 1 aromatic carbocycles. The second kappa shape index (κ2) is 8.13. The molecule has 2 N–H and O–H groups in total. The molecule has 2 aliphatic heterocycles. The maximum absolute atomic E-state index is 12.7. The quantitative estimate of drug-likeness (QED) is 0.404. The van der Waals surface area contributed by atoms with Crippen molar-refractivity contribution in [2.24, 2.45) is 0 Å². The molecule has 1 amide bonds. The zero-order chi connectivity index (χ0) is 23.4. The molecule has 1 atom stereocenters. The van der Waals surface area contributed by atoms with Gasteiger partial charge in [0.1, 0.15) is 10.5 Å². The molecule has 34 heavy (non-hydrogen) atoms. The summed E-state index contributed by atoms with van der Waals surface area (Å²) in [5.41, 5.74) is 3.52. The number of rotatable bonds is 4. The first-order valence-corrected chi connectivity index (χ1v) is 12.2. The molecule has 174 valence electrons. The fraction of sp³-hybridized carbons (Fsp3) is 0.333. The lowest BCUT2D eigenvalue weighted by atomic mass is 10.0. The van der Waals surface area contributed by atoms with Crippen LogP contribution in [0.4, 0.5) is 5.69 Å². The van der Waals surface area contributed by atoms with Gasteiger partial charge in [-0.2, -0.15) is 0 Å². The van der Waals surface area contributed by atoms with Crippen LogP contribution in [-0.4, -0.2) is 52.3 Å². The first-order chi connectivity index (χ1) is 16.4. The van der Waals surface area contributed by atoms with Gasteiger partial charge < -0.3 is 20.1 Å². The first-order valence-electron chi connectivity index (χ1n) is 11.0. The highest BCUT2D eigenvalue weighted by Crippen LogP contribution is 2.41. The van der Waals surface area contributed by atoms with Crippen molar-refractivity contribution < 1.29 is 14.3 Å². The third kappa shape index (κ3) is 3.69. The lowest BCUT2D eigenvalue weighted by molar-refractivity contribution is -0.204. The van der Waals surface area contributed by atoms with Crippen molar-refractivity contribution in [3.05, 3.63) is 46.2 Å². The molecule has 3 aromatic heterocycles. The zero-order valence-electron chi connectivity index (χ0n) is 18.6. The van der Waals surface area contributed by atoms with Gasteiger partial charge in [0.05, 0.1) is 42.4 Å². The molecular formula is C24H22ClN5O3S. The summed E-state index contributed by atoms with van der Waals surface area (Å²) in [7, 11) is 0. The fourth-order valence-electron chi connectivity index (χ4n) is 4.29. The van der Waals surface area contributed by atoms with E-state index in [2.05, 4.69) is 20.6 Å². The van der Waals surface area contributed by atoms with Crippen LogP contribution in [-0.2, 0) is 16.1 Å². The van der Waals surface area contributed by atoms with E-state index in [1.54, 1.807) is 6.20 Å². The Morgan fingerprint density at radius 1 is 1.26 bits per heavy atom. The summed E-state index contributed by atoms with van der Waals surface area (Å²) in [4.78, 5) is 26.9. The van der Waals surface area contributed by atoms with Crippen LogP contribution in [0.5, 0.6) is 0 Å². The van der Waals surface area contributed by atoms with E-state index in [1.807, 2.05) is 38.1 Å². The molecule has 10 heteroatoms. The van der Waals surface area contributed by atoms with Crippen LogP contribution in [0.25, 0.3) is 32.4 Å². The second-order valence-electron chi connectivity index (χ2n) is 9.01. The summed E-state index contributed by atoms with van der Waals surface area (Å²) in [5.74, 6) is -0.0442. The minimum atomic E-state index is -0.299. The maximum Gasteiger partial charge on any atom is 0.263 e. The second-order valence-corrected chi connectivity index (χ2v) is 10.4. The average Bonchev–Trinajstić information content (AvgIpc) is 3.13. The van der Waals surface area contributed by atoms with Gasteiger partial charge in [0.2, 0.25) is 5.28 Å². The van der Waals surface area contributed by atoms with Crippen molar-refractivity contribution in [3.63, 3.8) is 0 Å². The Bertz CT molecular complexity index is 1450. The van der Waals surface area contributed by atoms with Gasteiger partial charge in [-0.05, 0) is 49.7 Å². The fourth-order valence-corrected chi connectivity index (χ4v) is 5.53. The van der Waals surface area contributed by atoms with E-state index in [4.69, 9.17) is 26.1 Å². The number of aromatic nitrogens is 3. The van der Waals surface area contributed by atoms with Crippen LogP contribution in [0.3, 0.4) is 0 Å². The molecular weight excluding hydrogens is 474 g/mol. The van der Waals surface area contributed by atoms with E-state index in [9.17, 15) is 4.79 Å². The largest absolute Gasteiger partial charge is 0.381 e. The van der Waals surface area contributed by atoms with Crippen LogP contribution in [0, 0.1) is 0 Å². The first kappa shape index (κ1) is 21.7. The number of anilines is 1. The Hall–Kier alpha value is -2.85. The number of hydrogen-bond acceptors (Lipinski definition) is 8. The Labute approximate surface area is 204 Å². The summed E-state index contributed by atoms with van der Waals surface area (Å²) >= 11 is 7.63. The Kier molecular flexibility index (Phi) is 5.18. The van der Waals surface area contributed by atoms with Crippen LogP contribution in [0.15, 0.2) is 30.5 Å². The molecule has 2 aliphatic rings. The van der Waals surface area contributed by atoms with Crippen LogP contribution < -0.4 is 10.6 Å². The Morgan fingerprint density at radius 3 is 2.91 bits per heavy atom. The third-order valence-corrected chi connectivity index (χ3v) is 7.50. The number of halogens is 1. The molecule has 0 saturated carbocycles. The van der Waals surface area contributed by atoms with Crippen LogP contribution in [0.1, 0.15) is 29.1 Å². The zero-order valence-corrected chi connectivity index (χ0v) is 20.2. The number of carbonyl (C=O) groups is 1. The molecule has 4 aromatic rings. The van der Waals surface area contributed by atoms with Crippen molar-refractivity contribution in [1.82, 2.24) is 20.3 Å².